The maximum absolute atomic E-state index is 6.39. The molecule has 16 nitrogen and oxygen atoms in total. The average molecular weight is 853 g/mol. The summed E-state index contributed by atoms with van der Waals surface area (Å²) in [6, 6.07) is 30.4. The van der Waals surface area contributed by atoms with E-state index in [0.29, 0.717) is 22.8 Å². The van der Waals surface area contributed by atoms with Crippen molar-refractivity contribution < 1.29 is 19.4 Å². The van der Waals surface area contributed by atoms with Crippen LogP contribution in [0.5, 0.6) is 0 Å². The summed E-state index contributed by atoms with van der Waals surface area (Å²) >= 11 is 0. The number of hydrogen-bond donors (Lipinski definition) is 0. The van der Waals surface area contributed by atoms with E-state index in [4.69, 9.17) is 40.0 Å². The fraction of sp³-hybridized carbons (Fsp3) is 0.102. The Balaban J connectivity index is 0.936. The summed E-state index contributed by atoms with van der Waals surface area (Å²) in [5, 5.41) is 19.0. The maximum atomic E-state index is 6.39. The van der Waals surface area contributed by atoms with Gasteiger partial charge in [0.15, 0.2) is 0 Å². The normalized spacial score (nSPS) is 13.0. The lowest BCUT2D eigenvalue weighted by molar-refractivity contribution is -0.105. The Labute approximate surface area is 370 Å². The number of pyridine rings is 8. The molecule has 0 aromatic carbocycles. The van der Waals surface area contributed by atoms with Gasteiger partial charge in [-0.25, -0.2) is 0 Å². The number of fused-ring (bicyclic) bond motifs is 12. The van der Waals surface area contributed by atoms with Crippen molar-refractivity contribution in [2.75, 3.05) is 26.4 Å². The molecular weight excluding hydrogens is 821 g/mol. The predicted molar refractivity (Wildman–Crippen MR) is 239 cm³/mol. The molecular formula is C49H32N12O4. The van der Waals surface area contributed by atoms with Crippen LogP contribution in [-0.2, 0) is 19.4 Å². The van der Waals surface area contributed by atoms with E-state index in [-0.39, 0.29) is 26.4 Å². The standard InChI is InChI=1S/C49H32N12O4/c1-9-29-37(30-10-2-18-51-42(30)41(29)50-17-1)58-62-25-49(26-63-59-38-31-11-3-19-52-43(31)44-32(38)12-4-20-53-44,27-64-60-39-33-13-5-21-54-45(33)46-34(39)14-6-22-55-46)28-65-61-40-35-15-7-23-56-47(35)48-36(40)16-8-24-57-48/h1-24H,25-28H2. The van der Waals surface area contributed by atoms with Crippen LogP contribution in [0.3, 0.4) is 0 Å². The van der Waals surface area contributed by atoms with E-state index in [9.17, 15) is 0 Å². The summed E-state index contributed by atoms with van der Waals surface area (Å²) in [6.07, 6.45) is 13.9. The molecule has 12 rings (SSSR count). The highest BCUT2D eigenvalue weighted by Gasteiger charge is 2.39. The number of rotatable bonds is 12. The SMILES string of the molecule is c1cnc2c(c1)C(=NOCC(CON=C1c3cccnc3-c3ncccc31)(CON=C1c3cccnc3-c3ncccc31)CON=C1c3cccnc3-c3ncccc31)c1cccnc1-2. The van der Waals surface area contributed by atoms with Gasteiger partial charge in [-0.3, -0.25) is 39.9 Å². The van der Waals surface area contributed by atoms with Gasteiger partial charge in [0.05, 0.1) is 45.6 Å². The molecule has 0 fully saturated rings. The first-order valence-corrected chi connectivity index (χ1v) is 20.7. The Morgan fingerprint density at radius 2 is 0.446 bits per heavy atom. The number of aromatic nitrogens is 8. The summed E-state index contributed by atoms with van der Waals surface area (Å²) in [7, 11) is 0. The van der Waals surface area contributed by atoms with Crippen molar-refractivity contribution in [2.24, 2.45) is 26.0 Å². The van der Waals surface area contributed by atoms with E-state index in [0.717, 1.165) is 90.1 Å². The van der Waals surface area contributed by atoms with E-state index in [2.05, 4.69) is 39.9 Å². The van der Waals surface area contributed by atoms with Crippen LogP contribution in [0, 0.1) is 5.41 Å². The van der Waals surface area contributed by atoms with Gasteiger partial charge in [0, 0.05) is 94.1 Å². The molecule has 0 amide bonds. The summed E-state index contributed by atoms with van der Waals surface area (Å²) in [4.78, 5) is 62.4. The predicted octanol–water partition coefficient (Wildman–Crippen LogP) is 6.93. The highest BCUT2D eigenvalue weighted by molar-refractivity contribution is 6.25. The van der Waals surface area contributed by atoms with Crippen LogP contribution in [-0.4, -0.2) is 89.1 Å². The van der Waals surface area contributed by atoms with Crippen molar-refractivity contribution >= 4 is 22.8 Å². The minimum atomic E-state index is -1.17. The molecule has 8 aromatic rings. The van der Waals surface area contributed by atoms with Crippen LogP contribution in [0.2, 0.25) is 0 Å². The first kappa shape index (κ1) is 37.8. The van der Waals surface area contributed by atoms with Crippen molar-refractivity contribution in [3.63, 3.8) is 0 Å². The van der Waals surface area contributed by atoms with Crippen LogP contribution < -0.4 is 0 Å². The van der Waals surface area contributed by atoms with Gasteiger partial charge in [-0.05, 0) is 97.1 Å². The van der Waals surface area contributed by atoms with Gasteiger partial charge >= 0.3 is 0 Å². The number of nitrogens with zero attached hydrogens (tertiary/aromatic N) is 12. The molecule has 4 aliphatic carbocycles. The van der Waals surface area contributed by atoms with Crippen LogP contribution in [0.15, 0.2) is 167 Å². The lowest BCUT2D eigenvalue weighted by Crippen LogP contribution is -2.40. The molecule has 0 radical (unpaired) electrons. The molecule has 0 saturated carbocycles. The second-order valence-corrected chi connectivity index (χ2v) is 15.5. The van der Waals surface area contributed by atoms with Gasteiger partial charge in [-0.1, -0.05) is 20.6 Å². The third-order valence-electron chi connectivity index (χ3n) is 11.5. The zero-order valence-corrected chi connectivity index (χ0v) is 34.2. The Morgan fingerprint density at radius 1 is 0.277 bits per heavy atom. The van der Waals surface area contributed by atoms with Crippen LogP contribution in [0.1, 0.15) is 44.5 Å². The summed E-state index contributed by atoms with van der Waals surface area (Å²) in [5.41, 5.74) is 13.3. The third-order valence-corrected chi connectivity index (χ3v) is 11.5. The van der Waals surface area contributed by atoms with E-state index >= 15 is 0 Å². The largest absolute Gasteiger partial charge is 0.394 e. The fourth-order valence-electron chi connectivity index (χ4n) is 8.44. The summed E-state index contributed by atoms with van der Waals surface area (Å²) in [6.45, 7) is -0.369. The van der Waals surface area contributed by atoms with Crippen molar-refractivity contribution in [2.45, 2.75) is 0 Å². The first-order valence-electron chi connectivity index (χ1n) is 20.7. The molecule has 4 aliphatic rings. The number of oxime groups is 4. The van der Waals surface area contributed by atoms with Crippen LogP contribution in [0.25, 0.3) is 45.6 Å². The smallest absolute Gasteiger partial charge is 0.133 e. The molecule has 0 aliphatic heterocycles. The molecule has 0 spiro atoms. The third kappa shape index (κ3) is 6.45. The van der Waals surface area contributed by atoms with Gasteiger partial charge in [0.1, 0.15) is 54.7 Å². The van der Waals surface area contributed by atoms with Gasteiger partial charge in [-0.15, -0.1) is 0 Å². The lowest BCUT2D eigenvalue weighted by Gasteiger charge is -2.28. The van der Waals surface area contributed by atoms with Crippen molar-refractivity contribution in [3.8, 4) is 45.6 Å². The average Bonchev–Trinajstić information content (AvgIpc) is 4.07. The topological polar surface area (TPSA) is 189 Å². The monoisotopic (exact) mass is 852 g/mol. The Kier molecular flexibility index (Phi) is 9.17. The highest BCUT2D eigenvalue weighted by Crippen LogP contribution is 2.38. The summed E-state index contributed by atoms with van der Waals surface area (Å²) < 4.78 is 0. The second kappa shape index (κ2) is 15.8. The Hall–Kier alpha value is -8.92. The maximum Gasteiger partial charge on any atom is 0.133 e. The van der Waals surface area contributed by atoms with Gasteiger partial charge in [0.2, 0.25) is 0 Å². The van der Waals surface area contributed by atoms with E-state index < -0.39 is 5.41 Å². The van der Waals surface area contributed by atoms with Crippen molar-refractivity contribution in [3.05, 3.63) is 191 Å². The molecule has 65 heavy (non-hydrogen) atoms. The molecule has 0 atom stereocenters. The first-order chi connectivity index (χ1) is 32.2. The zero-order chi connectivity index (χ0) is 43.2. The Morgan fingerprint density at radius 3 is 0.615 bits per heavy atom. The van der Waals surface area contributed by atoms with E-state index in [1.165, 1.54) is 0 Å². The van der Waals surface area contributed by atoms with Crippen molar-refractivity contribution in [1.82, 2.24) is 39.9 Å². The molecule has 0 N–H and O–H groups in total. The van der Waals surface area contributed by atoms with Gasteiger partial charge in [0.25, 0.3) is 0 Å². The second-order valence-electron chi connectivity index (χ2n) is 15.5. The van der Waals surface area contributed by atoms with Crippen LogP contribution in [0.4, 0.5) is 0 Å². The fourth-order valence-corrected chi connectivity index (χ4v) is 8.44. The minimum Gasteiger partial charge on any atom is -0.394 e. The zero-order valence-electron chi connectivity index (χ0n) is 34.2. The molecule has 0 bridgehead atoms. The van der Waals surface area contributed by atoms with E-state index in [1.807, 2.05) is 97.1 Å². The molecule has 0 unspecified atom stereocenters. The summed E-state index contributed by atoms with van der Waals surface area (Å²) in [5.74, 6) is 0. The van der Waals surface area contributed by atoms with Gasteiger partial charge < -0.3 is 19.4 Å². The minimum absolute atomic E-state index is 0.0922. The molecule has 16 heteroatoms. The molecule has 8 aromatic heterocycles. The van der Waals surface area contributed by atoms with Crippen molar-refractivity contribution in [1.29, 1.82) is 0 Å². The van der Waals surface area contributed by atoms with E-state index in [1.54, 1.807) is 49.6 Å². The molecule has 312 valence electrons. The van der Waals surface area contributed by atoms with Crippen LogP contribution >= 0.6 is 0 Å². The van der Waals surface area contributed by atoms with Gasteiger partial charge in [-0.2, -0.15) is 0 Å². The Bertz CT molecular complexity index is 2700. The quantitative estimate of drug-likeness (QED) is 0.115. The highest BCUT2D eigenvalue weighted by atomic mass is 16.7. The number of hydrogen-bond acceptors (Lipinski definition) is 16. The molecule has 0 saturated heterocycles. The molecule has 8 heterocycles. The lowest BCUT2D eigenvalue weighted by atomic mass is 9.92.